The maximum absolute atomic E-state index is 12.8. The van der Waals surface area contributed by atoms with Crippen molar-refractivity contribution in [3.63, 3.8) is 0 Å². The predicted molar refractivity (Wildman–Crippen MR) is 118 cm³/mol. The van der Waals surface area contributed by atoms with E-state index in [1.165, 1.54) is 0 Å². The van der Waals surface area contributed by atoms with E-state index >= 15 is 0 Å². The molecule has 2 fully saturated rings. The highest BCUT2D eigenvalue weighted by Crippen LogP contribution is 2.62. The Morgan fingerprint density at radius 1 is 1.16 bits per heavy atom. The van der Waals surface area contributed by atoms with Gasteiger partial charge in [-0.05, 0) is 48.8 Å². The molecular weight excluding hydrogens is 406 g/mol. The van der Waals surface area contributed by atoms with Gasteiger partial charge in [0.25, 0.3) is 11.5 Å². The van der Waals surface area contributed by atoms with Crippen LogP contribution in [0, 0.1) is 5.41 Å². The van der Waals surface area contributed by atoms with Crippen molar-refractivity contribution >= 4 is 22.2 Å². The zero-order valence-corrected chi connectivity index (χ0v) is 17.4. The number of aliphatic hydroxyl groups excluding tert-OH is 1. The summed E-state index contributed by atoms with van der Waals surface area (Å²) in [6.45, 7) is -0.0626. The average molecular weight is 429 g/mol. The number of carbonyl (C=O) groups is 1. The molecule has 0 saturated heterocycles. The van der Waals surface area contributed by atoms with Crippen LogP contribution in [0.2, 0.25) is 0 Å². The van der Waals surface area contributed by atoms with E-state index in [1.54, 1.807) is 23.0 Å². The molecule has 3 aromatic heterocycles. The SMILES string of the molecule is O=C(NC1CC2(C1)CC(c1n[nH]c(=O)c3ccccc13)C2)c1cnn2cc(CO)ccc12. The summed E-state index contributed by atoms with van der Waals surface area (Å²) in [5.41, 5.74) is 3.12. The van der Waals surface area contributed by atoms with Crippen LogP contribution in [0.25, 0.3) is 16.3 Å². The Hall–Kier alpha value is -3.52. The minimum Gasteiger partial charge on any atom is -0.392 e. The third-order valence-corrected chi connectivity index (χ3v) is 7.17. The normalized spacial score (nSPS) is 24.4. The minimum atomic E-state index is -0.148. The van der Waals surface area contributed by atoms with Crippen molar-refractivity contribution in [3.05, 3.63) is 76.0 Å². The highest BCUT2D eigenvalue weighted by Gasteiger charge is 2.54. The van der Waals surface area contributed by atoms with Crippen molar-refractivity contribution < 1.29 is 9.90 Å². The van der Waals surface area contributed by atoms with Crippen LogP contribution >= 0.6 is 0 Å². The molecule has 162 valence electrons. The second kappa shape index (κ2) is 7.00. The molecule has 1 spiro atoms. The Kier molecular flexibility index (Phi) is 4.19. The Bertz CT molecular complexity index is 1410. The second-order valence-corrected chi connectivity index (χ2v) is 9.25. The number of pyridine rings is 1. The van der Waals surface area contributed by atoms with Gasteiger partial charge in [-0.25, -0.2) is 9.61 Å². The Morgan fingerprint density at radius 2 is 1.94 bits per heavy atom. The van der Waals surface area contributed by atoms with Gasteiger partial charge < -0.3 is 10.4 Å². The van der Waals surface area contributed by atoms with E-state index in [0.29, 0.717) is 16.9 Å². The zero-order valence-electron chi connectivity index (χ0n) is 17.4. The van der Waals surface area contributed by atoms with E-state index in [-0.39, 0.29) is 29.5 Å². The van der Waals surface area contributed by atoms with Crippen molar-refractivity contribution in [3.8, 4) is 0 Å². The number of benzene rings is 1. The van der Waals surface area contributed by atoms with Gasteiger partial charge >= 0.3 is 0 Å². The molecule has 2 aliphatic carbocycles. The minimum absolute atomic E-state index is 0.0626. The van der Waals surface area contributed by atoms with Crippen molar-refractivity contribution in [1.29, 1.82) is 0 Å². The van der Waals surface area contributed by atoms with Crippen molar-refractivity contribution in [2.45, 2.75) is 44.2 Å². The number of nitrogens with one attached hydrogen (secondary N) is 2. The predicted octanol–water partition coefficient (Wildman–Crippen LogP) is 2.52. The Labute approximate surface area is 183 Å². The topological polar surface area (TPSA) is 112 Å². The lowest BCUT2D eigenvalue weighted by molar-refractivity contribution is -0.0196. The Balaban J connectivity index is 1.11. The molecule has 3 N–H and O–H groups in total. The van der Waals surface area contributed by atoms with Crippen LogP contribution in [0.3, 0.4) is 0 Å². The second-order valence-electron chi connectivity index (χ2n) is 9.25. The van der Waals surface area contributed by atoms with E-state index in [0.717, 1.165) is 47.8 Å². The van der Waals surface area contributed by atoms with E-state index in [1.807, 2.05) is 30.3 Å². The Morgan fingerprint density at radius 3 is 2.72 bits per heavy atom. The van der Waals surface area contributed by atoms with Gasteiger partial charge in [-0.2, -0.15) is 10.2 Å². The molecule has 4 aromatic rings. The molecule has 0 bridgehead atoms. The largest absolute Gasteiger partial charge is 0.392 e. The monoisotopic (exact) mass is 429 g/mol. The summed E-state index contributed by atoms with van der Waals surface area (Å²) in [5.74, 6) is 0.231. The standard InChI is InChI=1S/C24H23N5O3/c30-13-14-5-6-20-19(11-25-29(20)12-14)22(31)26-16-9-24(10-16)7-15(8-24)21-17-3-1-2-4-18(17)23(32)28-27-21/h1-6,11-12,15-16,30H,7-10,13H2,(H,26,31)(H,28,32). The molecule has 0 unspecified atom stereocenters. The quantitative estimate of drug-likeness (QED) is 0.461. The number of amides is 1. The molecular formula is C24H23N5O3. The molecule has 6 rings (SSSR count). The lowest BCUT2D eigenvalue weighted by Crippen LogP contribution is -2.55. The van der Waals surface area contributed by atoms with Crippen LogP contribution in [0.1, 0.15) is 53.2 Å². The van der Waals surface area contributed by atoms with Gasteiger partial charge in [-0.15, -0.1) is 0 Å². The lowest BCUT2D eigenvalue weighted by Gasteiger charge is -2.57. The molecule has 8 nitrogen and oxygen atoms in total. The van der Waals surface area contributed by atoms with E-state index in [4.69, 9.17) is 0 Å². The van der Waals surface area contributed by atoms with Gasteiger partial charge in [0, 0.05) is 23.5 Å². The fourth-order valence-electron chi connectivity index (χ4n) is 5.61. The molecule has 0 radical (unpaired) electrons. The molecule has 1 aromatic carbocycles. The summed E-state index contributed by atoms with van der Waals surface area (Å²) in [6, 6.07) is 11.4. The van der Waals surface area contributed by atoms with Crippen LogP contribution < -0.4 is 10.9 Å². The van der Waals surface area contributed by atoms with Gasteiger partial charge in [-0.3, -0.25) is 9.59 Å². The first-order valence-electron chi connectivity index (χ1n) is 10.9. The average Bonchev–Trinajstić information content (AvgIpc) is 3.18. The zero-order chi connectivity index (χ0) is 21.9. The van der Waals surface area contributed by atoms with Gasteiger partial charge in [-0.1, -0.05) is 24.3 Å². The number of aliphatic hydroxyl groups is 1. The molecule has 2 saturated carbocycles. The summed E-state index contributed by atoms with van der Waals surface area (Å²) in [4.78, 5) is 24.8. The number of fused-ring (bicyclic) bond motifs is 2. The lowest BCUT2D eigenvalue weighted by atomic mass is 9.49. The molecule has 0 aliphatic heterocycles. The maximum Gasteiger partial charge on any atom is 0.272 e. The van der Waals surface area contributed by atoms with Gasteiger partial charge in [0.2, 0.25) is 0 Å². The number of aromatic amines is 1. The van der Waals surface area contributed by atoms with Crippen LogP contribution in [0.15, 0.2) is 53.6 Å². The number of hydrogen-bond acceptors (Lipinski definition) is 5. The van der Waals surface area contributed by atoms with Gasteiger partial charge in [0.05, 0.1) is 35.0 Å². The molecule has 2 aliphatic rings. The summed E-state index contributed by atoms with van der Waals surface area (Å²) in [5, 5.41) is 25.3. The highest BCUT2D eigenvalue weighted by atomic mass is 16.3. The highest BCUT2D eigenvalue weighted by molar-refractivity contribution is 6.00. The maximum atomic E-state index is 12.8. The van der Waals surface area contributed by atoms with Gasteiger partial charge in [0.15, 0.2) is 0 Å². The van der Waals surface area contributed by atoms with Crippen LogP contribution in [-0.4, -0.2) is 36.9 Å². The fraction of sp³-hybridized carbons (Fsp3) is 0.333. The van der Waals surface area contributed by atoms with Crippen LogP contribution in [0.4, 0.5) is 0 Å². The van der Waals surface area contributed by atoms with E-state index < -0.39 is 0 Å². The smallest absolute Gasteiger partial charge is 0.272 e. The molecule has 32 heavy (non-hydrogen) atoms. The number of hydrogen-bond donors (Lipinski definition) is 3. The number of H-pyrrole nitrogens is 1. The van der Waals surface area contributed by atoms with Crippen molar-refractivity contribution in [2.75, 3.05) is 0 Å². The molecule has 1 amide bonds. The first-order chi connectivity index (χ1) is 15.5. The molecule has 0 atom stereocenters. The third-order valence-electron chi connectivity index (χ3n) is 7.17. The van der Waals surface area contributed by atoms with Crippen molar-refractivity contribution in [1.82, 2.24) is 25.1 Å². The van der Waals surface area contributed by atoms with Gasteiger partial charge in [0.1, 0.15) is 0 Å². The van der Waals surface area contributed by atoms with Crippen molar-refractivity contribution in [2.24, 2.45) is 5.41 Å². The number of aromatic nitrogens is 4. The van der Waals surface area contributed by atoms with E-state index in [9.17, 15) is 14.7 Å². The van der Waals surface area contributed by atoms with E-state index in [2.05, 4.69) is 20.6 Å². The number of carbonyl (C=O) groups excluding carboxylic acids is 1. The first-order valence-corrected chi connectivity index (χ1v) is 10.9. The molecule has 3 heterocycles. The summed E-state index contributed by atoms with van der Waals surface area (Å²) < 4.78 is 1.63. The summed E-state index contributed by atoms with van der Waals surface area (Å²) >= 11 is 0. The summed E-state index contributed by atoms with van der Waals surface area (Å²) in [7, 11) is 0. The third kappa shape index (κ3) is 2.94. The van der Waals surface area contributed by atoms with Crippen LogP contribution in [-0.2, 0) is 6.61 Å². The fourth-order valence-corrected chi connectivity index (χ4v) is 5.61. The number of nitrogens with zero attached hydrogens (tertiary/aromatic N) is 3. The summed E-state index contributed by atoms with van der Waals surface area (Å²) in [6.07, 6.45) is 7.29. The number of rotatable bonds is 4. The molecule has 8 heteroatoms. The van der Waals surface area contributed by atoms with Crippen LogP contribution in [0.5, 0.6) is 0 Å². The first kappa shape index (κ1) is 19.2.